The Balaban J connectivity index is 1.70. The van der Waals surface area contributed by atoms with Crippen molar-refractivity contribution in [3.63, 3.8) is 0 Å². The van der Waals surface area contributed by atoms with Gasteiger partial charge in [0.15, 0.2) is 0 Å². The van der Waals surface area contributed by atoms with E-state index in [-0.39, 0.29) is 40.7 Å². The lowest BCUT2D eigenvalue weighted by Gasteiger charge is -2.42. The molecule has 0 aliphatic heterocycles. The first-order chi connectivity index (χ1) is 15.2. The maximum absolute atomic E-state index is 13.1. The van der Waals surface area contributed by atoms with Crippen molar-refractivity contribution >= 4 is 11.5 Å². The summed E-state index contributed by atoms with van der Waals surface area (Å²) in [7, 11) is 0. The van der Waals surface area contributed by atoms with Crippen LogP contribution in [0.5, 0.6) is 5.75 Å². The zero-order valence-electron chi connectivity index (χ0n) is 17.4. The smallest absolute Gasteiger partial charge is 0.405 e. The van der Waals surface area contributed by atoms with Crippen LogP contribution in [0.1, 0.15) is 32.3 Å². The normalized spacial score (nSPS) is 19.4. The standard InChI is InChI=1S/C20H19F6N5O2/c1-18(2,32)11-5-12(6-11)28-17-30-29-16(14-8-27-9-31(14)17)13-4-3-10(19(21,22)23)7-15(13)33-20(24,25)26/h3-4,7-9,11-12,32H,5-6H2,1-2H3,(H,28,30). The summed E-state index contributed by atoms with van der Waals surface area (Å²) in [5.74, 6) is -0.701. The molecule has 178 valence electrons. The van der Waals surface area contributed by atoms with Gasteiger partial charge in [-0.15, -0.1) is 23.4 Å². The van der Waals surface area contributed by atoms with E-state index in [2.05, 4.69) is 25.2 Å². The van der Waals surface area contributed by atoms with E-state index in [0.717, 1.165) is 6.07 Å². The lowest BCUT2D eigenvalue weighted by Crippen LogP contribution is -2.46. The molecular weight excluding hydrogens is 456 g/mol. The van der Waals surface area contributed by atoms with Crippen LogP contribution in [0.2, 0.25) is 0 Å². The number of anilines is 1. The minimum atomic E-state index is -5.22. The first-order valence-electron chi connectivity index (χ1n) is 9.87. The fourth-order valence-electron chi connectivity index (χ4n) is 3.72. The highest BCUT2D eigenvalue weighted by atomic mass is 19.4. The fraction of sp³-hybridized carbons (Fsp3) is 0.450. The average Bonchev–Trinajstić information content (AvgIpc) is 3.11. The number of hydrogen-bond acceptors (Lipinski definition) is 6. The molecule has 0 saturated heterocycles. The molecule has 2 aromatic heterocycles. The zero-order chi connectivity index (χ0) is 24.2. The molecule has 1 aliphatic rings. The first-order valence-corrected chi connectivity index (χ1v) is 9.87. The van der Waals surface area contributed by atoms with Gasteiger partial charge in [0.05, 0.1) is 22.9 Å². The van der Waals surface area contributed by atoms with Gasteiger partial charge in [-0.05, 0) is 50.8 Å². The van der Waals surface area contributed by atoms with Gasteiger partial charge in [-0.3, -0.25) is 4.40 Å². The van der Waals surface area contributed by atoms with Gasteiger partial charge in [0.2, 0.25) is 5.95 Å². The Bertz CT molecular complexity index is 1160. The summed E-state index contributed by atoms with van der Waals surface area (Å²) < 4.78 is 83.2. The number of halogens is 6. The molecule has 1 aromatic carbocycles. The number of rotatable bonds is 5. The number of aliphatic hydroxyl groups is 1. The largest absolute Gasteiger partial charge is 0.573 e. The number of nitrogens with zero attached hydrogens (tertiary/aromatic N) is 4. The van der Waals surface area contributed by atoms with E-state index in [0.29, 0.717) is 18.9 Å². The van der Waals surface area contributed by atoms with Gasteiger partial charge in [-0.2, -0.15) is 13.2 Å². The Labute approximate surface area is 183 Å². The summed E-state index contributed by atoms with van der Waals surface area (Å²) in [4.78, 5) is 3.97. The fourth-order valence-corrected chi connectivity index (χ4v) is 3.72. The summed E-state index contributed by atoms with van der Waals surface area (Å²) in [5, 5.41) is 21.2. The number of benzene rings is 1. The topological polar surface area (TPSA) is 84.6 Å². The molecule has 0 amide bonds. The first kappa shape index (κ1) is 23.1. The van der Waals surface area contributed by atoms with Gasteiger partial charge in [-0.1, -0.05) is 0 Å². The van der Waals surface area contributed by atoms with Crippen molar-refractivity contribution in [1.29, 1.82) is 0 Å². The van der Waals surface area contributed by atoms with Gasteiger partial charge in [-0.25, -0.2) is 4.98 Å². The summed E-state index contributed by atoms with van der Waals surface area (Å²) in [6.07, 6.45) is -6.07. The number of ether oxygens (including phenoxy) is 1. The molecule has 1 fully saturated rings. The quantitative estimate of drug-likeness (QED) is 0.522. The summed E-state index contributed by atoms with van der Waals surface area (Å²) in [5.41, 5.74) is -2.36. The third-order valence-corrected chi connectivity index (χ3v) is 5.61. The van der Waals surface area contributed by atoms with Crippen molar-refractivity contribution in [3.05, 3.63) is 36.3 Å². The van der Waals surface area contributed by atoms with Gasteiger partial charge in [0, 0.05) is 11.6 Å². The van der Waals surface area contributed by atoms with Crippen LogP contribution >= 0.6 is 0 Å². The summed E-state index contributed by atoms with van der Waals surface area (Å²) in [6.45, 7) is 3.45. The molecular formula is C20H19F6N5O2. The van der Waals surface area contributed by atoms with Crippen LogP contribution in [-0.4, -0.2) is 42.7 Å². The van der Waals surface area contributed by atoms with Gasteiger partial charge in [0.1, 0.15) is 17.8 Å². The Hall–Kier alpha value is -3.09. The summed E-state index contributed by atoms with van der Waals surface area (Å²) in [6, 6.07) is 1.76. The Morgan fingerprint density at radius 3 is 2.39 bits per heavy atom. The average molecular weight is 475 g/mol. The van der Waals surface area contributed by atoms with Crippen molar-refractivity contribution in [2.75, 3.05) is 5.32 Å². The number of imidazole rings is 1. The Morgan fingerprint density at radius 2 is 1.79 bits per heavy atom. The lowest BCUT2D eigenvalue weighted by molar-refractivity contribution is -0.274. The van der Waals surface area contributed by atoms with Crippen LogP contribution < -0.4 is 10.1 Å². The minimum Gasteiger partial charge on any atom is -0.405 e. The van der Waals surface area contributed by atoms with Crippen LogP contribution in [0.4, 0.5) is 32.3 Å². The molecule has 1 saturated carbocycles. The van der Waals surface area contributed by atoms with Crippen molar-refractivity contribution in [3.8, 4) is 17.0 Å². The van der Waals surface area contributed by atoms with E-state index < -0.39 is 29.5 Å². The number of aromatic nitrogens is 4. The molecule has 2 heterocycles. The molecule has 4 rings (SSSR count). The number of nitrogens with one attached hydrogen (secondary N) is 1. The number of fused-ring (bicyclic) bond motifs is 1. The number of hydrogen-bond donors (Lipinski definition) is 2. The van der Waals surface area contributed by atoms with E-state index in [1.165, 1.54) is 16.9 Å². The van der Waals surface area contributed by atoms with E-state index in [1.54, 1.807) is 13.8 Å². The van der Waals surface area contributed by atoms with Crippen molar-refractivity contribution in [2.24, 2.45) is 5.92 Å². The van der Waals surface area contributed by atoms with E-state index in [9.17, 15) is 31.4 Å². The van der Waals surface area contributed by atoms with E-state index in [1.807, 2.05) is 0 Å². The summed E-state index contributed by atoms with van der Waals surface area (Å²) >= 11 is 0. The van der Waals surface area contributed by atoms with Crippen LogP contribution in [0.3, 0.4) is 0 Å². The second-order valence-electron chi connectivity index (χ2n) is 8.44. The highest BCUT2D eigenvalue weighted by molar-refractivity contribution is 5.81. The molecule has 0 radical (unpaired) electrons. The minimum absolute atomic E-state index is 0.0117. The molecule has 0 atom stereocenters. The van der Waals surface area contributed by atoms with Crippen LogP contribution in [0.15, 0.2) is 30.7 Å². The third kappa shape index (κ3) is 4.82. The van der Waals surface area contributed by atoms with Gasteiger partial charge >= 0.3 is 12.5 Å². The zero-order valence-corrected chi connectivity index (χ0v) is 17.4. The molecule has 0 bridgehead atoms. The van der Waals surface area contributed by atoms with Gasteiger partial charge in [0.25, 0.3) is 0 Å². The Kier molecular flexibility index (Phi) is 5.42. The molecule has 33 heavy (non-hydrogen) atoms. The maximum Gasteiger partial charge on any atom is 0.573 e. The second-order valence-corrected chi connectivity index (χ2v) is 8.44. The molecule has 0 unspecified atom stereocenters. The monoisotopic (exact) mass is 475 g/mol. The van der Waals surface area contributed by atoms with Gasteiger partial charge < -0.3 is 15.2 Å². The maximum atomic E-state index is 13.1. The van der Waals surface area contributed by atoms with E-state index in [4.69, 9.17) is 0 Å². The van der Waals surface area contributed by atoms with Crippen LogP contribution in [0.25, 0.3) is 16.8 Å². The molecule has 0 spiro atoms. The van der Waals surface area contributed by atoms with E-state index >= 15 is 0 Å². The lowest BCUT2D eigenvalue weighted by atomic mass is 9.71. The second kappa shape index (κ2) is 7.75. The Morgan fingerprint density at radius 1 is 1.09 bits per heavy atom. The third-order valence-electron chi connectivity index (χ3n) is 5.61. The van der Waals surface area contributed by atoms with Crippen molar-refractivity contribution in [1.82, 2.24) is 19.6 Å². The molecule has 3 aromatic rings. The van der Waals surface area contributed by atoms with Crippen LogP contribution in [0, 0.1) is 5.92 Å². The molecule has 2 N–H and O–H groups in total. The number of alkyl halides is 6. The molecule has 13 heteroatoms. The highest BCUT2D eigenvalue weighted by Crippen LogP contribution is 2.41. The predicted octanol–water partition coefficient (Wildman–Crippen LogP) is 4.67. The molecule has 1 aliphatic carbocycles. The predicted molar refractivity (Wildman–Crippen MR) is 104 cm³/mol. The molecule has 7 nitrogen and oxygen atoms in total. The highest BCUT2D eigenvalue weighted by Gasteiger charge is 2.39. The van der Waals surface area contributed by atoms with Crippen LogP contribution in [-0.2, 0) is 6.18 Å². The van der Waals surface area contributed by atoms with Crippen molar-refractivity contribution < 1.29 is 36.2 Å². The SMILES string of the molecule is CC(C)(O)C1CC(Nc2nnc(-c3ccc(C(F)(F)F)cc3OC(F)(F)F)c3cncn23)C1. The van der Waals surface area contributed by atoms with Crippen molar-refractivity contribution in [2.45, 2.75) is 50.9 Å².